The van der Waals surface area contributed by atoms with E-state index in [2.05, 4.69) is 76.9 Å². The number of aliphatic imine (C=N–C) groups is 1. The molecule has 4 heteroatoms. The zero-order chi connectivity index (χ0) is 25.1. The number of rotatable bonds is 5. The van der Waals surface area contributed by atoms with Gasteiger partial charge in [0, 0.05) is 27.6 Å². The minimum atomic E-state index is 0.544. The summed E-state index contributed by atoms with van der Waals surface area (Å²) in [5, 5.41) is 20.8. The van der Waals surface area contributed by atoms with E-state index in [1.54, 1.807) is 12.2 Å². The molecule has 4 nitrogen and oxygen atoms in total. The molecule has 0 aliphatic rings. The van der Waals surface area contributed by atoms with Gasteiger partial charge in [-0.3, -0.25) is 4.99 Å². The highest BCUT2D eigenvalue weighted by Gasteiger charge is 2.13. The van der Waals surface area contributed by atoms with Gasteiger partial charge in [-0.05, 0) is 67.2 Å². The van der Waals surface area contributed by atoms with Crippen LogP contribution in [0, 0.1) is 22.7 Å². The van der Waals surface area contributed by atoms with Crippen molar-refractivity contribution < 1.29 is 0 Å². The lowest BCUT2D eigenvalue weighted by atomic mass is 10.0. The van der Waals surface area contributed by atoms with E-state index < -0.39 is 0 Å². The van der Waals surface area contributed by atoms with Gasteiger partial charge in [0.05, 0.1) is 34.4 Å². The van der Waals surface area contributed by atoms with E-state index in [1.807, 2.05) is 49.4 Å². The first-order chi connectivity index (χ1) is 17.7. The molecule has 1 aromatic heterocycles. The summed E-state index contributed by atoms with van der Waals surface area (Å²) in [6, 6.07) is 35.1. The standard InChI is InChI=1S/C32H22N4/c1-3-22(20-33)18-30(35-2)25-14-12-24(13-15-25)26-7-6-8-27(19-26)36-31-10-5-4-9-28(31)29-17-23(21-34)11-16-32(29)36/h3-19H,2H2,1H3/b22-3+,30-18-. The van der Waals surface area contributed by atoms with Crippen LogP contribution in [-0.2, 0) is 0 Å². The van der Waals surface area contributed by atoms with Crippen molar-refractivity contribution in [2.75, 3.05) is 0 Å². The van der Waals surface area contributed by atoms with Crippen molar-refractivity contribution in [2.24, 2.45) is 4.99 Å². The van der Waals surface area contributed by atoms with Crippen LogP contribution >= 0.6 is 0 Å². The molecule has 0 saturated heterocycles. The Kier molecular flexibility index (Phi) is 6.02. The van der Waals surface area contributed by atoms with Crippen molar-refractivity contribution in [3.63, 3.8) is 0 Å². The largest absolute Gasteiger partial charge is 0.309 e. The predicted octanol–water partition coefficient (Wildman–Crippen LogP) is 7.83. The first kappa shape index (κ1) is 22.6. The minimum absolute atomic E-state index is 0.544. The molecule has 0 radical (unpaired) electrons. The third-order valence-corrected chi connectivity index (χ3v) is 6.32. The molecule has 170 valence electrons. The van der Waals surface area contributed by atoms with Gasteiger partial charge in [-0.1, -0.05) is 60.7 Å². The Morgan fingerprint density at radius 3 is 2.33 bits per heavy atom. The average Bonchev–Trinajstić information content (AvgIpc) is 3.27. The van der Waals surface area contributed by atoms with Crippen LogP contribution in [0.2, 0.25) is 0 Å². The van der Waals surface area contributed by atoms with E-state index >= 15 is 0 Å². The SMILES string of the molecule is C=N/C(=C\C(C#N)=C/C)c1ccc(-c2cccc(-n3c4ccccc4c4cc(C#N)ccc43)c2)cc1. The Morgan fingerprint density at radius 1 is 0.833 bits per heavy atom. The predicted molar refractivity (Wildman–Crippen MR) is 148 cm³/mol. The van der Waals surface area contributed by atoms with Crippen LogP contribution in [0.4, 0.5) is 0 Å². The number of para-hydroxylation sites is 1. The second-order valence-electron chi connectivity index (χ2n) is 8.37. The molecular formula is C32H22N4. The van der Waals surface area contributed by atoms with Crippen molar-refractivity contribution in [3.05, 3.63) is 120 Å². The van der Waals surface area contributed by atoms with Crippen LogP contribution in [0.3, 0.4) is 0 Å². The van der Waals surface area contributed by atoms with Crippen molar-refractivity contribution >= 4 is 34.2 Å². The zero-order valence-corrected chi connectivity index (χ0v) is 19.8. The molecule has 0 N–H and O–H groups in total. The molecule has 36 heavy (non-hydrogen) atoms. The van der Waals surface area contributed by atoms with Crippen molar-refractivity contribution in [3.8, 4) is 29.0 Å². The molecule has 0 aliphatic heterocycles. The summed E-state index contributed by atoms with van der Waals surface area (Å²) in [7, 11) is 0. The summed E-state index contributed by atoms with van der Waals surface area (Å²) in [5.74, 6) is 0. The molecule has 1 heterocycles. The monoisotopic (exact) mass is 462 g/mol. The first-order valence-corrected chi connectivity index (χ1v) is 11.6. The molecule has 0 fully saturated rings. The number of hydrogen-bond acceptors (Lipinski definition) is 3. The summed E-state index contributed by atoms with van der Waals surface area (Å²) >= 11 is 0. The number of fused-ring (bicyclic) bond motifs is 3. The fourth-order valence-corrected chi connectivity index (χ4v) is 4.53. The molecule has 0 amide bonds. The Balaban J connectivity index is 1.59. The lowest BCUT2D eigenvalue weighted by molar-refractivity contribution is 1.18. The first-order valence-electron chi connectivity index (χ1n) is 11.6. The van der Waals surface area contributed by atoms with Crippen LogP contribution in [0.25, 0.3) is 44.3 Å². The van der Waals surface area contributed by atoms with E-state index in [9.17, 15) is 10.5 Å². The maximum Gasteiger partial charge on any atom is 0.0991 e. The summed E-state index contributed by atoms with van der Waals surface area (Å²) in [4.78, 5) is 4.11. The Morgan fingerprint density at radius 2 is 1.61 bits per heavy atom. The van der Waals surface area contributed by atoms with E-state index in [0.29, 0.717) is 16.8 Å². The second-order valence-corrected chi connectivity index (χ2v) is 8.37. The highest BCUT2D eigenvalue weighted by molar-refractivity contribution is 6.09. The van der Waals surface area contributed by atoms with Crippen molar-refractivity contribution in [1.29, 1.82) is 10.5 Å². The fraction of sp³-hybridized carbons (Fsp3) is 0.0312. The van der Waals surface area contributed by atoms with Crippen LogP contribution in [0.5, 0.6) is 0 Å². The third kappa shape index (κ3) is 3.98. The number of nitriles is 2. The Hall–Kier alpha value is -5.19. The van der Waals surface area contributed by atoms with Crippen LogP contribution in [-0.4, -0.2) is 11.3 Å². The van der Waals surface area contributed by atoms with Crippen LogP contribution < -0.4 is 0 Å². The van der Waals surface area contributed by atoms with Crippen LogP contribution in [0.1, 0.15) is 18.1 Å². The van der Waals surface area contributed by atoms with Crippen molar-refractivity contribution in [2.45, 2.75) is 6.92 Å². The normalized spacial score (nSPS) is 11.9. The van der Waals surface area contributed by atoms with Gasteiger partial charge in [0.15, 0.2) is 0 Å². The summed E-state index contributed by atoms with van der Waals surface area (Å²) in [5.41, 5.74) is 8.12. The molecule has 0 unspecified atom stereocenters. The van der Waals surface area contributed by atoms with E-state index in [1.165, 1.54) is 0 Å². The molecule has 0 bridgehead atoms. The van der Waals surface area contributed by atoms with E-state index in [-0.39, 0.29) is 0 Å². The molecule has 0 saturated carbocycles. The minimum Gasteiger partial charge on any atom is -0.309 e. The highest BCUT2D eigenvalue weighted by atomic mass is 15.0. The van der Waals surface area contributed by atoms with Gasteiger partial charge in [-0.15, -0.1) is 0 Å². The maximum atomic E-state index is 9.41. The topological polar surface area (TPSA) is 64.9 Å². The second kappa shape index (κ2) is 9.58. The summed E-state index contributed by atoms with van der Waals surface area (Å²) in [6.45, 7) is 5.49. The van der Waals surface area contributed by atoms with Gasteiger partial charge in [0.1, 0.15) is 0 Å². The number of allylic oxidation sites excluding steroid dienone is 3. The summed E-state index contributed by atoms with van der Waals surface area (Å²) < 4.78 is 2.24. The molecule has 0 spiro atoms. The van der Waals surface area contributed by atoms with Gasteiger partial charge in [-0.25, -0.2) is 0 Å². The van der Waals surface area contributed by atoms with E-state index in [0.717, 1.165) is 44.2 Å². The molecule has 5 aromatic rings. The number of benzene rings is 4. The lowest BCUT2D eigenvalue weighted by Crippen LogP contribution is -1.94. The maximum absolute atomic E-state index is 9.41. The quantitative estimate of drug-likeness (QED) is 0.152. The zero-order valence-electron chi connectivity index (χ0n) is 19.8. The fourth-order valence-electron chi connectivity index (χ4n) is 4.53. The number of nitrogens with zero attached hydrogens (tertiary/aromatic N) is 4. The van der Waals surface area contributed by atoms with E-state index in [4.69, 9.17) is 0 Å². The third-order valence-electron chi connectivity index (χ3n) is 6.32. The van der Waals surface area contributed by atoms with Crippen molar-refractivity contribution in [1.82, 2.24) is 4.57 Å². The molecule has 5 rings (SSSR count). The molecule has 0 aliphatic carbocycles. The Bertz CT molecular complexity index is 1770. The van der Waals surface area contributed by atoms with Gasteiger partial charge in [0.25, 0.3) is 0 Å². The molecule has 4 aromatic carbocycles. The molecular weight excluding hydrogens is 440 g/mol. The van der Waals surface area contributed by atoms with Gasteiger partial charge >= 0.3 is 0 Å². The lowest BCUT2D eigenvalue weighted by Gasteiger charge is -2.11. The van der Waals surface area contributed by atoms with Gasteiger partial charge in [-0.2, -0.15) is 10.5 Å². The van der Waals surface area contributed by atoms with Crippen LogP contribution in [0.15, 0.2) is 114 Å². The Labute approximate surface area is 210 Å². The number of aromatic nitrogens is 1. The number of hydrogen-bond donors (Lipinski definition) is 0. The average molecular weight is 463 g/mol. The summed E-state index contributed by atoms with van der Waals surface area (Å²) in [6.07, 6.45) is 3.49. The molecule has 0 atom stereocenters. The van der Waals surface area contributed by atoms with Gasteiger partial charge in [0.2, 0.25) is 0 Å². The van der Waals surface area contributed by atoms with Gasteiger partial charge < -0.3 is 4.57 Å². The highest BCUT2D eigenvalue weighted by Crippen LogP contribution is 2.34. The smallest absolute Gasteiger partial charge is 0.0991 e.